The Morgan fingerprint density at radius 3 is 2.17 bits per heavy atom. The van der Waals surface area contributed by atoms with Crippen LogP contribution >= 0.6 is 0 Å². The first-order valence-electron chi connectivity index (χ1n) is 5.46. The number of aryl methyl sites for hydroxylation is 1. The molecule has 0 spiro atoms. The Hall–Kier alpha value is -2.50. The van der Waals surface area contributed by atoms with E-state index >= 15 is 0 Å². The van der Waals surface area contributed by atoms with Gasteiger partial charge in [-0.25, -0.2) is 0 Å². The number of aromatic nitrogens is 2. The van der Waals surface area contributed by atoms with Crippen LogP contribution in [0.15, 0.2) is 40.6 Å². The van der Waals surface area contributed by atoms with Crippen LogP contribution in [0, 0.1) is 0 Å². The molecule has 0 unspecified atom stereocenters. The van der Waals surface area contributed by atoms with Crippen molar-refractivity contribution in [3.8, 4) is 11.8 Å². The monoisotopic (exact) mass is 244 g/mol. The van der Waals surface area contributed by atoms with E-state index in [0.717, 1.165) is 0 Å². The standard InChI is InChI=1S/C12H12N4O2/c1-2-9-13-11(17)10(12(18)14-9)16-15-8-6-4-3-5-7-8/h3-7H,2H2,1H3,(H2,13,14,17,18)/b16-15+. The predicted octanol–water partition coefficient (Wildman–Crippen LogP) is 2.87. The zero-order chi connectivity index (χ0) is 13.0. The molecule has 6 heteroatoms. The topological polar surface area (TPSA) is 91.0 Å². The summed E-state index contributed by atoms with van der Waals surface area (Å²) in [6.07, 6.45) is 0.511. The van der Waals surface area contributed by atoms with Crippen molar-refractivity contribution in [1.82, 2.24) is 9.97 Å². The molecule has 0 aliphatic heterocycles. The Bertz CT molecular complexity index is 547. The highest BCUT2D eigenvalue weighted by Gasteiger charge is 2.12. The van der Waals surface area contributed by atoms with Crippen LogP contribution in [0.4, 0.5) is 11.4 Å². The fourth-order valence-corrected chi connectivity index (χ4v) is 1.33. The van der Waals surface area contributed by atoms with E-state index in [2.05, 4.69) is 20.2 Å². The first-order chi connectivity index (χ1) is 8.70. The second-order valence-corrected chi connectivity index (χ2v) is 3.52. The maximum absolute atomic E-state index is 9.62. The summed E-state index contributed by atoms with van der Waals surface area (Å²) in [7, 11) is 0. The summed E-state index contributed by atoms with van der Waals surface area (Å²) in [4.78, 5) is 7.59. The van der Waals surface area contributed by atoms with Crippen LogP contribution in [0.2, 0.25) is 0 Å². The lowest BCUT2D eigenvalue weighted by atomic mass is 10.3. The minimum atomic E-state index is -0.376. The molecule has 0 bridgehead atoms. The Morgan fingerprint density at radius 2 is 1.61 bits per heavy atom. The van der Waals surface area contributed by atoms with Crippen LogP contribution < -0.4 is 0 Å². The Morgan fingerprint density at radius 1 is 1.00 bits per heavy atom. The third-order valence-corrected chi connectivity index (χ3v) is 2.23. The number of nitrogens with zero attached hydrogens (tertiary/aromatic N) is 4. The fraction of sp³-hybridized carbons (Fsp3) is 0.167. The van der Waals surface area contributed by atoms with Gasteiger partial charge >= 0.3 is 0 Å². The van der Waals surface area contributed by atoms with E-state index in [1.807, 2.05) is 25.1 Å². The van der Waals surface area contributed by atoms with E-state index in [0.29, 0.717) is 17.9 Å². The molecule has 18 heavy (non-hydrogen) atoms. The second-order valence-electron chi connectivity index (χ2n) is 3.52. The van der Waals surface area contributed by atoms with Crippen molar-refractivity contribution in [3.05, 3.63) is 36.2 Å². The van der Waals surface area contributed by atoms with E-state index < -0.39 is 0 Å². The molecule has 1 heterocycles. The van der Waals surface area contributed by atoms with Gasteiger partial charge < -0.3 is 10.2 Å². The summed E-state index contributed by atoms with van der Waals surface area (Å²) >= 11 is 0. The van der Waals surface area contributed by atoms with Crippen molar-refractivity contribution < 1.29 is 10.2 Å². The van der Waals surface area contributed by atoms with Gasteiger partial charge in [-0.05, 0) is 12.1 Å². The first kappa shape index (κ1) is 12.0. The number of rotatable bonds is 3. The highest BCUT2D eigenvalue weighted by molar-refractivity contribution is 5.54. The van der Waals surface area contributed by atoms with E-state index in [1.54, 1.807) is 12.1 Å². The van der Waals surface area contributed by atoms with Crippen molar-refractivity contribution in [2.24, 2.45) is 10.2 Å². The largest absolute Gasteiger partial charge is 0.492 e. The van der Waals surface area contributed by atoms with Gasteiger partial charge in [-0.15, -0.1) is 5.11 Å². The normalized spacial score (nSPS) is 10.9. The minimum absolute atomic E-state index is 0.129. The van der Waals surface area contributed by atoms with Gasteiger partial charge in [0.15, 0.2) is 0 Å². The molecule has 1 aromatic carbocycles. The predicted molar refractivity (Wildman–Crippen MR) is 65.4 cm³/mol. The highest BCUT2D eigenvalue weighted by atomic mass is 16.3. The molecule has 92 valence electrons. The van der Waals surface area contributed by atoms with Crippen LogP contribution in [-0.4, -0.2) is 20.2 Å². The maximum atomic E-state index is 9.62. The summed E-state index contributed by atoms with van der Waals surface area (Å²) in [5, 5.41) is 26.9. The lowest BCUT2D eigenvalue weighted by Gasteiger charge is -2.01. The van der Waals surface area contributed by atoms with E-state index in [1.165, 1.54) is 0 Å². The average Bonchev–Trinajstić information content (AvgIpc) is 2.38. The van der Waals surface area contributed by atoms with Crippen molar-refractivity contribution in [1.29, 1.82) is 0 Å². The summed E-state index contributed by atoms with van der Waals surface area (Å²) in [5.41, 5.74) is 0.479. The lowest BCUT2D eigenvalue weighted by Crippen LogP contribution is -1.92. The summed E-state index contributed by atoms with van der Waals surface area (Å²) in [6.45, 7) is 1.82. The fourth-order valence-electron chi connectivity index (χ4n) is 1.33. The van der Waals surface area contributed by atoms with Gasteiger partial charge in [0.1, 0.15) is 5.82 Å². The van der Waals surface area contributed by atoms with Crippen LogP contribution in [0.3, 0.4) is 0 Å². The third kappa shape index (κ3) is 2.60. The molecular formula is C12H12N4O2. The summed E-state index contributed by atoms with van der Waals surface area (Å²) in [6, 6.07) is 8.97. The Kier molecular flexibility index (Phi) is 3.47. The molecule has 0 atom stereocenters. The third-order valence-electron chi connectivity index (χ3n) is 2.23. The highest BCUT2D eigenvalue weighted by Crippen LogP contribution is 2.33. The van der Waals surface area contributed by atoms with Gasteiger partial charge in [-0.2, -0.15) is 15.1 Å². The molecule has 2 aromatic rings. The Balaban J connectivity index is 2.32. The number of aromatic hydroxyl groups is 2. The van der Waals surface area contributed by atoms with E-state index in [-0.39, 0.29) is 17.4 Å². The van der Waals surface area contributed by atoms with Gasteiger partial charge in [0, 0.05) is 6.42 Å². The van der Waals surface area contributed by atoms with Gasteiger partial charge in [0.25, 0.3) is 0 Å². The van der Waals surface area contributed by atoms with Crippen molar-refractivity contribution in [2.75, 3.05) is 0 Å². The number of hydrogen-bond acceptors (Lipinski definition) is 6. The Labute approximate surface area is 104 Å². The summed E-state index contributed by atoms with van der Waals surface area (Å²) in [5.74, 6) is -0.401. The molecule has 0 amide bonds. The number of azo groups is 1. The van der Waals surface area contributed by atoms with Gasteiger partial charge in [-0.3, -0.25) is 0 Å². The number of hydrogen-bond donors (Lipinski definition) is 2. The molecule has 0 saturated heterocycles. The molecule has 0 saturated carbocycles. The molecule has 6 nitrogen and oxygen atoms in total. The van der Waals surface area contributed by atoms with Crippen molar-refractivity contribution >= 4 is 11.4 Å². The molecule has 2 rings (SSSR count). The minimum Gasteiger partial charge on any atom is -0.492 e. The SMILES string of the molecule is CCc1nc(O)c(/N=N/c2ccccc2)c(O)n1. The quantitative estimate of drug-likeness (QED) is 0.812. The molecule has 2 N–H and O–H groups in total. The second kappa shape index (κ2) is 5.22. The van der Waals surface area contributed by atoms with Crippen molar-refractivity contribution in [3.63, 3.8) is 0 Å². The zero-order valence-corrected chi connectivity index (χ0v) is 9.78. The molecule has 0 fully saturated rings. The van der Waals surface area contributed by atoms with Crippen LogP contribution in [0.5, 0.6) is 11.8 Å². The average molecular weight is 244 g/mol. The first-order valence-corrected chi connectivity index (χ1v) is 5.46. The lowest BCUT2D eigenvalue weighted by molar-refractivity contribution is 0.419. The molecule has 0 aliphatic rings. The van der Waals surface area contributed by atoms with Crippen LogP contribution in [0.25, 0.3) is 0 Å². The zero-order valence-electron chi connectivity index (χ0n) is 9.78. The molecule has 0 radical (unpaired) electrons. The maximum Gasteiger partial charge on any atom is 0.246 e. The van der Waals surface area contributed by atoms with Crippen LogP contribution in [-0.2, 0) is 6.42 Å². The molecular weight excluding hydrogens is 232 g/mol. The van der Waals surface area contributed by atoms with Gasteiger partial charge in [0.2, 0.25) is 17.4 Å². The summed E-state index contributed by atoms with van der Waals surface area (Å²) < 4.78 is 0. The molecule has 0 aliphatic carbocycles. The molecule has 1 aromatic heterocycles. The van der Waals surface area contributed by atoms with Gasteiger partial charge in [0.05, 0.1) is 5.69 Å². The number of benzene rings is 1. The van der Waals surface area contributed by atoms with Crippen molar-refractivity contribution in [2.45, 2.75) is 13.3 Å². The van der Waals surface area contributed by atoms with Gasteiger partial charge in [-0.1, -0.05) is 25.1 Å². The van der Waals surface area contributed by atoms with E-state index in [4.69, 9.17) is 0 Å². The smallest absolute Gasteiger partial charge is 0.246 e. The van der Waals surface area contributed by atoms with Crippen LogP contribution in [0.1, 0.15) is 12.7 Å². The van der Waals surface area contributed by atoms with E-state index in [9.17, 15) is 10.2 Å².